The van der Waals surface area contributed by atoms with Crippen LogP contribution in [-0.4, -0.2) is 10.9 Å². The highest BCUT2D eigenvalue weighted by molar-refractivity contribution is 9.10. The number of carbonyl (C=O) groups is 1. The summed E-state index contributed by atoms with van der Waals surface area (Å²) in [6, 6.07) is 11.4. The number of pyridine rings is 1. The Morgan fingerprint density at radius 3 is 2.56 bits per heavy atom. The predicted molar refractivity (Wildman–Crippen MR) is 65.9 cm³/mol. The van der Waals surface area contributed by atoms with Crippen molar-refractivity contribution in [1.82, 2.24) is 4.98 Å². The summed E-state index contributed by atoms with van der Waals surface area (Å²) in [5.74, 6) is -0.522. The second-order valence-corrected chi connectivity index (χ2v) is 4.20. The number of hydrogen-bond acceptors (Lipinski definition) is 2. The second-order valence-electron chi connectivity index (χ2n) is 3.28. The average Bonchev–Trinajstić information content (AvgIpc) is 2.29. The number of carbonyl (C=O) groups excluding carboxylic acids is 1. The molecule has 1 amide bonds. The van der Waals surface area contributed by atoms with Gasteiger partial charge in [-0.05, 0) is 27.6 Å². The molecule has 0 spiro atoms. The highest BCUT2D eigenvalue weighted by Crippen LogP contribution is 2.24. The van der Waals surface area contributed by atoms with Crippen LogP contribution >= 0.6 is 15.9 Å². The highest BCUT2D eigenvalue weighted by Gasteiger charge is 2.11. The lowest BCUT2D eigenvalue weighted by Crippen LogP contribution is -2.14. The maximum atomic E-state index is 11.3. The van der Waals surface area contributed by atoms with Gasteiger partial charge in [-0.25, -0.2) is 4.98 Å². The standard InChI is InChI=1S/C12H9BrN2O/c13-9-6-10(8-4-2-1-3-5-8)11(12(14)16)15-7-9/h1-7H,(H2,14,16). The lowest BCUT2D eigenvalue weighted by molar-refractivity contribution is 0.0996. The van der Waals surface area contributed by atoms with Gasteiger partial charge in [0.05, 0.1) is 0 Å². The van der Waals surface area contributed by atoms with Gasteiger partial charge in [-0.3, -0.25) is 4.79 Å². The maximum absolute atomic E-state index is 11.3. The van der Waals surface area contributed by atoms with Crippen molar-refractivity contribution in [2.24, 2.45) is 5.73 Å². The number of aromatic nitrogens is 1. The van der Waals surface area contributed by atoms with Crippen LogP contribution in [0.15, 0.2) is 47.1 Å². The first kappa shape index (κ1) is 10.8. The van der Waals surface area contributed by atoms with Gasteiger partial charge in [0.25, 0.3) is 5.91 Å². The third-order valence-corrected chi connectivity index (χ3v) is 2.61. The number of halogens is 1. The van der Waals surface area contributed by atoms with E-state index in [1.807, 2.05) is 36.4 Å². The summed E-state index contributed by atoms with van der Waals surface area (Å²) >= 11 is 3.33. The van der Waals surface area contributed by atoms with Crippen molar-refractivity contribution in [2.45, 2.75) is 0 Å². The van der Waals surface area contributed by atoms with Crippen molar-refractivity contribution in [3.8, 4) is 11.1 Å². The number of rotatable bonds is 2. The molecule has 0 aliphatic carbocycles. The van der Waals surface area contributed by atoms with Gasteiger partial charge >= 0.3 is 0 Å². The SMILES string of the molecule is NC(=O)c1ncc(Br)cc1-c1ccccc1. The van der Waals surface area contributed by atoms with E-state index in [-0.39, 0.29) is 5.69 Å². The summed E-state index contributed by atoms with van der Waals surface area (Å²) in [7, 11) is 0. The van der Waals surface area contributed by atoms with Crippen LogP contribution in [0.3, 0.4) is 0 Å². The highest BCUT2D eigenvalue weighted by atomic mass is 79.9. The quantitative estimate of drug-likeness (QED) is 0.917. The van der Waals surface area contributed by atoms with Crippen LogP contribution in [0.25, 0.3) is 11.1 Å². The molecule has 80 valence electrons. The smallest absolute Gasteiger partial charge is 0.267 e. The molecule has 0 bridgehead atoms. The van der Waals surface area contributed by atoms with E-state index in [4.69, 9.17) is 5.73 Å². The molecule has 2 N–H and O–H groups in total. The summed E-state index contributed by atoms with van der Waals surface area (Å²) in [4.78, 5) is 15.3. The number of primary amides is 1. The molecule has 1 aromatic carbocycles. The van der Waals surface area contributed by atoms with Crippen molar-refractivity contribution in [1.29, 1.82) is 0 Å². The fraction of sp³-hybridized carbons (Fsp3) is 0. The molecule has 3 nitrogen and oxygen atoms in total. The van der Waals surface area contributed by atoms with Crippen LogP contribution in [-0.2, 0) is 0 Å². The minimum Gasteiger partial charge on any atom is -0.364 e. The van der Waals surface area contributed by atoms with E-state index in [0.29, 0.717) is 0 Å². The van der Waals surface area contributed by atoms with Gasteiger partial charge in [0.15, 0.2) is 0 Å². The largest absolute Gasteiger partial charge is 0.364 e. The molecule has 0 saturated heterocycles. The summed E-state index contributed by atoms with van der Waals surface area (Å²) in [6.45, 7) is 0. The number of nitrogens with two attached hydrogens (primary N) is 1. The Morgan fingerprint density at radius 1 is 1.25 bits per heavy atom. The normalized spacial score (nSPS) is 10.1. The number of amides is 1. The van der Waals surface area contributed by atoms with E-state index in [0.717, 1.165) is 15.6 Å². The first-order valence-corrected chi connectivity index (χ1v) is 5.48. The zero-order chi connectivity index (χ0) is 11.5. The molecule has 1 heterocycles. The summed E-state index contributed by atoms with van der Waals surface area (Å²) in [5, 5.41) is 0. The first-order valence-electron chi connectivity index (χ1n) is 4.69. The minimum atomic E-state index is -0.522. The minimum absolute atomic E-state index is 0.286. The van der Waals surface area contributed by atoms with Crippen LogP contribution < -0.4 is 5.73 Å². The van der Waals surface area contributed by atoms with Gasteiger partial charge in [0.1, 0.15) is 5.69 Å². The van der Waals surface area contributed by atoms with E-state index in [1.54, 1.807) is 6.20 Å². The van der Waals surface area contributed by atoms with Gasteiger partial charge < -0.3 is 5.73 Å². The molecule has 0 fully saturated rings. The fourth-order valence-electron chi connectivity index (χ4n) is 1.47. The van der Waals surface area contributed by atoms with Crippen LogP contribution in [0.1, 0.15) is 10.5 Å². The van der Waals surface area contributed by atoms with Crippen LogP contribution in [0.4, 0.5) is 0 Å². The monoisotopic (exact) mass is 276 g/mol. The Labute approximate surface area is 101 Å². The second kappa shape index (κ2) is 4.45. The Balaban J connectivity index is 2.63. The van der Waals surface area contributed by atoms with Crippen LogP contribution in [0, 0.1) is 0 Å². The average molecular weight is 277 g/mol. The van der Waals surface area contributed by atoms with Crippen molar-refractivity contribution in [3.05, 3.63) is 52.8 Å². The molecule has 0 aliphatic rings. The molecule has 1 aromatic heterocycles. The van der Waals surface area contributed by atoms with Crippen LogP contribution in [0.2, 0.25) is 0 Å². The van der Waals surface area contributed by atoms with Crippen molar-refractivity contribution in [2.75, 3.05) is 0 Å². The molecule has 2 aromatic rings. The van der Waals surface area contributed by atoms with Crippen LogP contribution in [0.5, 0.6) is 0 Å². The molecule has 0 unspecified atom stereocenters. The van der Waals surface area contributed by atoms with E-state index in [1.165, 1.54) is 0 Å². The van der Waals surface area contributed by atoms with E-state index in [9.17, 15) is 4.79 Å². The fourth-order valence-corrected chi connectivity index (χ4v) is 1.80. The van der Waals surface area contributed by atoms with Gasteiger partial charge in [-0.1, -0.05) is 30.3 Å². The molecular formula is C12H9BrN2O. The molecule has 0 saturated carbocycles. The topological polar surface area (TPSA) is 56.0 Å². The molecule has 16 heavy (non-hydrogen) atoms. The molecular weight excluding hydrogens is 268 g/mol. The summed E-state index contributed by atoms with van der Waals surface area (Å²) in [5.41, 5.74) is 7.23. The molecule has 0 aliphatic heterocycles. The number of benzene rings is 1. The van der Waals surface area contributed by atoms with E-state index < -0.39 is 5.91 Å². The Kier molecular flexibility index (Phi) is 3.01. The Hall–Kier alpha value is -1.68. The van der Waals surface area contributed by atoms with E-state index in [2.05, 4.69) is 20.9 Å². The van der Waals surface area contributed by atoms with Gasteiger partial charge in [0, 0.05) is 16.2 Å². The Morgan fingerprint density at radius 2 is 1.94 bits per heavy atom. The lowest BCUT2D eigenvalue weighted by Gasteiger charge is -2.06. The lowest BCUT2D eigenvalue weighted by atomic mass is 10.0. The zero-order valence-corrected chi connectivity index (χ0v) is 9.94. The molecule has 0 atom stereocenters. The summed E-state index contributed by atoms with van der Waals surface area (Å²) < 4.78 is 0.816. The number of nitrogens with zero attached hydrogens (tertiary/aromatic N) is 1. The molecule has 0 radical (unpaired) electrons. The first-order chi connectivity index (χ1) is 7.68. The Bertz CT molecular complexity index is 526. The van der Waals surface area contributed by atoms with E-state index >= 15 is 0 Å². The summed E-state index contributed by atoms with van der Waals surface area (Å²) in [6.07, 6.45) is 1.56. The van der Waals surface area contributed by atoms with Crippen molar-refractivity contribution < 1.29 is 4.79 Å². The van der Waals surface area contributed by atoms with Gasteiger partial charge in [-0.15, -0.1) is 0 Å². The van der Waals surface area contributed by atoms with Gasteiger partial charge in [-0.2, -0.15) is 0 Å². The van der Waals surface area contributed by atoms with Gasteiger partial charge in [0.2, 0.25) is 0 Å². The zero-order valence-electron chi connectivity index (χ0n) is 8.35. The van der Waals surface area contributed by atoms with Crippen molar-refractivity contribution >= 4 is 21.8 Å². The molecule has 2 rings (SSSR count). The predicted octanol–water partition coefficient (Wildman–Crippen LogP) is 2.61. The third-order valence-electron chi connectivity index (χ3n) is 2.17. The third kappa shape index (κ3) is 2.12. The van der Waals surface area contributed by atoms with Crippen molar-refractivity contribution in [3.63, 3.8) is 0 Å². The molecule has 4 heteroatoms. The maximum Gasteiger partial charge on any atom is 0.267 e. The number of hydrogen-bond donors (Lipinski definition) is 1.